The number of nitrogens with zero attached hydrogens (tertiary/aromatic N) is 2. The van der Waals surface area contributed by atoms with Gasteiger partial charge in [0.05, 0.1) is 28.8 Å². The van der Waals surface area contributed by atoms with Gasteiger partial charge in [0.2, 0.25) is 0 Å². The molecular formula is C17H20ClN3O2. The van der Waals surface area contributed by atoms with E-state index in [0.29, 0.717) is 22.9 Å². The lowest BCUT2D eigenvalue weighted by molar-refractivity contribution is 0.0355. The van der Waals surface area contributed by atoms with Crippen LogP contribution in [0.1, 0.15) is 30.6 Å². The van der Waals surface area contributed by atoms with Crippen LogP contribution in [0.4, 0.5) is 0 Å². The highest BCUT2D eigenvalue weighted by atomic mass is 35.5. The summed E-state index contributed by atoms with van der Waals surface area (Å²) in [6, 6.07) is 7.40. The Labute approximate surface area is 140 Å². The van der Waals surface area contributed by atoms with Crippen molar-refractivity contribution in [3.8, 4) is 11.3 Å². The van der Waals surface area contributed by atoms with Gasteiger partial charge < -0.3 is 10.1 Å². The minimum Gasteiger partial charge on any atom is -0.373 e. The number of ether oxygens (including phenoxy) is 1. The van der Waals surface area contributed by atoms with Crippen LogP contribution in [-0.4, -0.2) is 33.9 Å². The van der Waals surface area contributed by atoms with Crippen molar-refractivity contribution in [2.24, 2.45) is 7.05 Å². The average Bonchev–Trinajstić information content (AvgIpc) is 3.02. The van der Waals surface area contributed by atoms with Crippen LogP contribution in [0.2, 0.25) is 5.02 Å². The maximum Gasteiger partial charge on any atom is 0.255 e. The fourth-order valence-corrected chi connectivity index (χ4v) is 3.13. The molecule has 6 heteroatoms. The highest BCUT2D eigenvalue weighted by Crippen LogP contribution is 2.29. The van der Waals surface area contributed by atoms with E-state index in [-0.39, 0.29) is 17.6 Å². The van der Waals surface area contributed by atoms with Gasteiger partial charge in [-0.25, -0.2) is 0 Å². The zero-order chi connectivity index (χ0) is 16.6. The maximum atomic E-state index is 12.7. The van der Waals surface area contributed by atoms with Crippen molar-refractivity contribution in [2.75, 3.05) is 6.61 Å². The van der Waals surface area contributed by atoms with Gasteiger partial charge >= 0.3 is 0 Å². The molecule has 0 saturated carbocycles. The lowest BCUT2D eigenvalue weighted by Crippen LogP contribution is -2.36. The van der Waals surface area contributed by atoms with Gasteiger partial charge in [0.1, 0.15) is 5.69 Å². The molecule has 1 aromatic heterocycles. The molecule has 1 fully saturated rings. The SMILES string of the molecule is Cn1cc(C(=O)NC2COC(C)(C)C2)c(-c2ccccc2Cl)n1. The summed E-state index contributed by atoms with van der Waals surface area (Å²) in [5.41, 5.74) is 1.67. The molecule has 0 spiro atoms. The van der Waals surface area contributed by atoms with E-state index in [1.54, 1.807) is 24.0 Å². The van der Waals surface area contributed by atoms with Gasteiger partial charge in [-0.05, 0) is 26.3 Å². The first-order chi connectivity index (χ1) is 10.9. The number of amides is 1. The van der Waals surface area contributed by atoms with Crippen molar-refractivity contribution < 1.29 is 9.53 Å². The second kappa shape index (κ2) is 5.98. The van der Waals surface area contributed by atoms with Crippen LogP contribution in [0.25, 0.3) is 11.3 Å². The van der Waals surface area contributed by atoms with Gasteiger partial charge in [0.15, 0.2) is 0 Å². The number of aromatic nitrogens is 2. The summed E-state index contributed by atoms with van der Waals surface area (Å²) in [6.45, 7) is 4.58. The Hall–Kier alpha value is -1.85. The number of halogens is 1. The van der Waals surface area contributed by atoms with E-state index >= 15 is 0 Å². The van der Waals surface area contributed by atoms with Gasteiger partial charge in [-0.2, -0.15) is 5.10 Å². The molecule has 1 unspecified atom stereocenters. The number of benzene rings is 1. The second-order valence-corrected chi connectivity index (χ2v) is 6.90. The van der Waals surface area contributed by atoms with E-state index in [9.17, 15) is 4.79 Å². The summed E-state index contributed by atoms with van der Waals surface area (Å²) in [5.74, 6) is -0.153. The fourth-order valence-electron chi connectivity index (χ4n) is 2.90. The Morgan fingerprint density at radius 1 is 1.43 bits per heavy atom. The molecule has 1 N–H and O–H groups in total. The zero-order valence-electron chi connectivity index (χ0n) is 13.5. The fraction of sp³-hybridized carbons (Fsp3) is 0.412. The lowest BCUT2D eigenvalue weighted by Gasteiger charge is -2.16. The normalized spacial score (nSPS) is 19.7. The minimum atomic E-state index is -0.196. The van der Waals surface area contributed by atoms with Crippen LogP contribution in [0.15, 0.2) is 30.5 Å². The first kappa shape index (κ1) is 16.0. The Morgan fingerprint density at radius 3 is 2.83 bits per heavy atom. The standard InChI is InChI=1S/C17H20ClN3O2/c1-17(2)8-11(10-23-17)19-16(22)13-9-21(3)20-15(13)12-6-4-5-7-14(12)18/h4-7,9,11H,8,10H2,1-3H3,(H,19,22). The van der Waals surface area contributed by atoms with Crippen molar-refractivity contribution in [3.05, 3.63) is 41.0 Å². The molecule has 1 atom stereocenters. The highest BCUT2D eigenvalue weighted by Gasteiger charge is 2.33. The number of carbonyl (C=O) groups excluding carboxylic acids is 1. The third-order valence-corrected chi connectivity index (χ3v) is 4.28. The topological polar surface area (TPSA) is 56.2 Å². The first-order valence-electron chi connectivity index (χ1n) is 7.59. The molecule has 1 amide bonds. The Kier molecular flexibility index (Phi) is 4.17. The largest absolute Gasteiger partial charge is 0.373 e. The summed E-state index contributed by atoms with van der Waals surface area (Å²) >= 11 is 6.25. The van der Waals surface area contributed by atoms with E-state index in [4.69, 9.17) is 16.3 Å². The van der Waals surface area contributed by atoms with Gasteiger partial charge in [-0.3, -0.25) is 9.48 Å². The van der Waals surface area contributed by atoms with Crippen LogP contribution < -0.4 is 5.32 Å². The van der Waals surface area contributed by atoms with Crippen molar-refractivity contribution in [2.45, 2.75) is 31.9 Å². The van der Waals surface area contributed by atoms with Crippen LogP contribution in [-0.2, 0) is 11.8 Å². The monoisotopic (exact) mass is 333 g/mol. The summed E-state index contributed by atoms with van der Waals surface area (Å²) in [6.07, 6.45) is 2.51. The van der Waals surface area contributed by atoms with Gasteiger partial charge in [-0.15, -0.1) is 0 Å². The molecule has 2 aromatic rings. The van der Waals surface area contributed by atoms with E-state index in [2.05, 4.69) is 10.4 Å². The number of nitrogens with one attached hydrogen (secondary N) is 1. The summed E-state index contributed by atoms with van der Waals surface area (Å²) in [7, 11) is 1.79. The highest BCUT2D eigenvalue weighted by molar-refractivity contribution is 6.33. The Morgan fingerprint density at radius 2 is 2.17 bits per heavy atom. The van der Waals surface area contributed by atoms with Crippen LogP contribution in [0.3, 0.4) is 0 Å². The molecule has 122 valence electrons. The number of hydrogen-bond donors (Lipinski definition) is 1. The maximum absolute atomic E-state index is 12.7. The number of hydrogen-bond acceptors (Lipinski definition) is 3. The average molecular weight is 334 g/mol. The second-order valence-electron chi connectivity index (χ2n) is 6.49. The third kappa shape index (κ3) is 3.41. The Bertz CT molecular complexity index is 739. The number of carbonyl (C=O) groups is 1. The van der Waals surface area contributed by atoms with E-state index in [1.807, 2.05) is 32.0 Å². The van der Waals surface area contributed by atoms with E-state index < -0.39 is 0 Å². The zero-order valence-corrected chi connectivity index (χ0v) is 14.2. The van der Waals surface area contributed by atoms with Crippen molar-refractivity contribution in [1.82, 2.24) is 15.1 Å². The minimum absolute atomic E-state index is 0.0109. The Balaban J connectivity index is 1.86. The van der Waals surface area contributed by atoms with Gasteiger partial charge in [-0.1, -0.05) is 29.8 Å². The van der Waals surface area contributed by atoms with Crippen LogP contribution in [0.5, 0.6) is 0 Å². The van der Waals surface area contributed by atoms with Crippen molar-refractivity contribution in [3.63, 3.8) is 0 Å². The first-order valence-corrected chi connectivity index (χ1v) is 7.97. The van der Waals surface area contributed by atoms with E-state index in [1.165, 1.54) is 0 Å². The third-order valence-electron chi connectivity index (χ3n) is 3.95. The number of aryl methyl sites for hydroxylation is 1. The van der Waals surface area contributed by atoms with Crippen LogP contribution >= 0.6 is 11.6 Å². The molecule has 1 aromatic carbocycles. The predicted molar refractivity (Wildman–Crippen MR) is 89.6 cm³/mol. The molecule has 2 heterocycles. The molecule has 0 bridgehead atoms. The van der Waals surface area contributed by atoms with Gasteiger partial charge in [0, 0.05) is 18.8 Å². The molecule has 5 nitrogen and oxygen atoms in total. The summed E-state index contributed by atoms with van der Waals surface area (Å²) < 4.78 is 7.30. The smallest absolute Gasteiger partial charge is 0.255 e. The molecule has 1 saturated heterocycles. The molecule has 23 heavy (non-hydrogen) atoms. The number of rotatable bonds is 3. The lowest BCUT2D eigenvalue weighted by atomic mass is 10.0. The van der Waals surface area contributed by atoms with E-state index in [0.717, 1.165) is 12.0 Å². The predicted octanol–water partition coefficient (Wildman–Crippen LogP) is 3.04. The molecule has 1 aliphatic heterocycles. The molecule has 3 rings (SSSR count). The van der Waals surface area contributed by atoms with Crippen molar-refractivity contribution >= 4 is 17.5 Å². The van der Waals surface area contributed by atoms with Gasteiger partial charge in [0.25, 0.3) is 5.91 Å². The molecule has 1 aliphatic rings. The van der Waals surface area contributed by atoms with Crippen LogP contribution in [0, 0.1) is 0 Å². The quantitative estimate of drug-likeness (QED) is 0.939. The van der Waals surface area contributed by atoms with Crippen molar-refractivity contribution in [1.29, 1.82) is 0 Å². The molecule has 0 radical (unpaired) electrons. The molecule has 0 aliphatic carbocycles. The molecular weight excluding hydrogens is 314 g/mol. The summed E-state index contributed by atoms with van der Waals surface area (Å²) in [5, 5.41) is 8.01. The summed E-state index contributed by atoms with van der Waals surface area (Å²) in [4.78, 5) is 12.7.